The lowest BCUT2D eigenvalue weighted by molar-refractivity contribution is -0.137. The summed E-state index contributed by atoms with van der Waals surface area (Å²) in [7, 11) is 3.14. The molecule has 29 heavy (non-hydrogen) atoms. The van der Waals surface area contributed by atoms with Gasteiger partial charge in [-0.1, -0.05) is 26.3 Å². The van der Waals surface area contributed by atoms with Crippen molar-refractivity contribution >= 4 is 17.4 Å². The number of rotatable bonds is 8. The van der Waals surface area contributed by atoms with E-state index in [1.165, 1.54) is 4.90 Å². The Labute approximate surface area is 172 Å². The van der Waals surface area contributed by atoms with Crippen molar-refractivity contribution < 1.29 is 19.1 Å². The van der Waals surface area contributed by atoms with E-state index in [0.717, 1.165) is 45.6 Å². The molecular weight excluding hydrogens is 370 g/mol. The number of benzene rings is 1. The third-order valence-corrected chi connectivity index (χ3v) is 5.69. The molecule has 7 nitrogen and oxygen atoms in total. The van der Waals surface area contributed by atoms with E-state index in [2.05, 4.69) is 23.6 Å². The predicted octanol–water partition coefficient (Wildman–Crippen LogP) is 2.22. The Bertz CT molecular complexity index is 797. The number of methoxy groups -OCH3 is 2. The standard InChI is InChI=1S/C22H31N3O4/c1-5-7-10-25-21(26)19(16-8-9-17(28-3)18(15-16)29-4)20(22(25)27)24-13-11-23(6-2)12-14-24/h8-9,15H,5-7,10-14H2,1-4H3. The predicted molar refractivity (Wildman–Crippen MR) is 112 cm³/mol. The van der Waals surface area contributed by atoms with Crippen LogP contribution in [0.3, 0.4) is 0 Å². The summed E-state index contributed by atoms with van der Waals surface area (Å²) < 4.78 is 10.7. The molecule has 3 rings (SSSR count). The Hall–Kier alpha value is -2.54. The molecule has 0 saturated carbocycles. The van der Waals surface area contributed by atoms with Crippen LogP contribution in [0.2, 0.25) is 0 Å². The summed E-state index contributed by atoms with van der Waals surface area (Å²) in [4.78, 5) is 32.4. The number of carbonyl (C=O) groups is 2. The molecule has 2 aliphatic heterocycles. The van der Waals surface area contributed by atoms with Gasteiger partial charge in [-0.3, -0.25) is 14.5 Å². The molecule has 0 aliphatic carbocycles. The number of hydrogen-bond acceptors (Lipinski definition) is 6. The van der Waals surface area contributed by atoms with Crippen molar-refractivity contribution in [2.75, 3.05) is 53.5 Å². The van der Waals surface area contributed by atoms with Crippen molar-refractivity contribution in [3.63, 3.8) is 0 Å². The molecule has 7 heteroatoms. The van der Waals surface area contributed by atoms with Crippen molar-refractivity contribution in [2.24, 2.45) is 0 Å². The highest BCUT2D eigenvalue weighted by Crippen LogP contribution is 2.36. The average molecular weight is 402 g/mol. The quantitative estimate of drug-likeness (QED) is 0.623. The van der Waals surface area contributed by atoms with E-state index < -0.39 is 0 Å². The second-order valence-corrected chi connectivity index (χ2v) is 7.33. The van der Waals surface area contributed by atoms with Crippen LogP contribution >= 0.6 is 0 Å². The van der Waals surface area contributed by atoms with Crippen LogP contribution in [-0.2, 0) is 9.59 Å². The first kappa shape index (κ1) is 21.2. The van der Waals surface area contributed by atoms with Gasteiger partial charge in [0, 0.05) is 32.7 Å². The number of piperazine rings is 1. The average Bonchev–Trinajstić information content (AvgIpc) is 3.01. The maximum atomic E-state index is 13.3. The molecule has 0 spiro atoms. The number of carbonyl (C=O) groups excluding carboxylic acids is 2. The fourth-order valence-corrected chi connectivity index (χ4v) is 3.92. The number of likely N-dealkylation sites (N-methyl/N-ethyl adjacent to an activating group) is 1. The van der Waals surface area contributed by atoms with Gasteiger partial charge in [0.05, 0.1) is 19.8 Å². The minimum absolute atomic E-state index is 0.182. The Balaban J connectivity index is 2.03. The van der Waals surface area contributed by atoms with E-state index in [-0.39, 0.29) is 11.8 Å². The lowest BCUT2D eigenvalue weighted by Crippen LogP contribution is -2.47. The van der Waals surface area contributed by atoms with Crippen molar-refractivity contribution in [3.05, 3.63) is 29.5 Å². The number of amides is 2. The Kier molecular flexibility index (Phi) is 6.79. The van der Waals surface area contributed by atoms with Crippen molar-refractivity contribution in [1.82, 2.24) is 14.7 Å². The van der Waals surface area contributed by atoms with Crippen LogP contribution in [0.5, 0.6) is 11.5 Å². The monoisotopic (exact) mass is 401 g/mol. The zero-order chi connectivity index (χ0) is 21.0. The molecule has 1 aromatic carbocycles. The number of imide groups is 1. The Morgan fingerprint density at radius 1 is 0.931 bits per heavy atom. The minimum Gasteiger partial charge on any atom is -0.493 e. The minimum atomic E-state index is -0.219. The molecule has 2 heterocycles. The number of nitrogens with zero attached hydrogens (tertiary/aromatic N) is 3. The van der Waals surface area contributed by atoms with Gasteiger partial charge in [0.2, 0.25) is 0 Å². The summed E-state index contributed by atoms with van der Waals surface area (Å²) in [6.07, 6.45) is 1.72. The molecule has 0 radical (unpaired) electrons. The summed E-state index contributed by atoms with van der Waals surface area (Å²) in [6, 6.07) is 5.39. The van der Waals surface area contributed by atoms with Gasteiger partial charge in [-0.05, 0) is 30.7 Å². The van der Waals surface area contributed by atoms with Gasteiger partial charge in [-0.15, -0.1) is 0 Å². The van der Waals surface area contributed by atoms with E-state index in [4.69, 9.17) is 9.47 Å². The van der Waals surface area contributed by atoms with E-state index in [1.807, 2.05) is 6.07 Å². The van der Waals surface area contributed by atoms with Gasteiger partial charge in [0.25, 0.3) is 11.8 Å². The molecule has 1 fully saturated rings. The van der Waals surface area contributed by atoms with Crippen LogP contribution in [0.15, 0.2) is 23.9 Å². The first-order valence-electron chi connectivity index (χ1n) is 10.4. The van der Waals surface area contributed by atoms with Crippen molar-refractivity contribution in [3.8, 4) is 11.5 Å². The van der Waals surface area contributed by atoms with Crippen LogP contribution in [0.25, 0.3) is 5.57 Å². The van der Waals surface area contributed by atoms with Crippen LogP contribution < -0.4 is 9.47 Å². The van der Waals surface area contributed by atoms with Crippen LogP contribution in [-0.4, -0.2) is 80.0 Å². The summed E-state index contributed by atoms with van der Waals surface area (Å²) in [5, 5.41) is 0. The summed E-state index contributed by atoms with van der Waals surface area (Å²) in [5.41, 5.74) is 1.68. The molecule has 1 aromatic rings. The van der Waals surface area contributed by atoms with Gasteiger partial charge in [-0.2, -0.15) is 0 Å². The van der Waals surface area contributed by atoms with Crippen LogP contribution in [0, 0.1) is 0 Å². The highest BCUT2D eigenvalue weighted by Gasteiger charge is 2.41. The number of ether oxygens (including phenoxy) is 2. The topological polar surface area (TPSA) is 62.3 Å². The second-order valence-electron chi connectivity index (χ2n) is 7.33. The highest BCUT2D eigenvalue weighted by molar-refractivity contribution is 6.35. The molecule has 158 valence electrons. The molecule has 0 atom stereocenters. The zero-order valence-electron chi connectivity index (χ0n) is 17.9. The maximum Gasteiger partial charge on any atom is 0.277 e. The highest BCUT2D eigenvalue weighted by atomic mass is 16.5. The molecule has 0 aromatic heterocycles. The van der Waals surface area contributed by atoms with Gasteiger partial charge < -0.3 is 19.3 Å². The Morgan fingerprint density at radius 3 is 2.21 bits per heavy atom. The molecule has 1 saturated heterocycles. The van der Waals surface area contributed by atoms with E-state index in [0.29, 0.717) is 34.9 Å². The summed E-state index contributed by atoms with van der Waals surface area (Å²) >= 11 is 0. The lowest BCUT2D eigenvalue weighted by Gasteiger charge is -2.36. The molecule has 0 unspecified atom stereocenters. The summed E-state index contributed by atoms with van der Waals surface area (Å²) in [6.45, 7) is 8.88. The van der Waals surface area contributed by atoms with Gasteiger partial charge in [-0.25, -0.2) is 0 Å². The number of unbranched alkanes of at least 4 members (excludes halogenated alkanes) is 1. The van der Waals surface area contributed by atoms with E-state index in [1.54, 1.807) is 26.4 Å². The van der Waals surface area contributed by atoms with Crippen molar-refractivity contribution in [1.29, 1.82) is 0 Å². The second kappa shape index (κ2) is 9.31. The van der Waals surface area contributed by atoms with E-state index in [9.17, 15) is 9.59 Å². The largest absolute Gasteiger partial charge is 0.493 e. The third kappa shape index (κ3) is 4.10. The van der Waals surface area contributed by atoms with Gasteiger partial charge >= 0.3 is 0 Å². The third-order valence-electron chi connectivity index (χ3n) is 5.69. The lowest BCUT2D eigenvalue weighted by atomic mass is 10.0. The fourth-order valence-electron chi connectivity index (χ4n) is 3.92. The van der Waals surface area contributed by atoms with E-state index >= 15 is 0 Å². The Morgan fingerprint density at radius 2 is 1.62 bits per heavy atom. The van der Waals surface area contributed by atoms with Gasteiger partial charge in [0.1, 0.15) is 5.70 Å². The SMILES string of the molecule is CCCCN1C(=O)C(c2ccc(OC)c(OC)c2)=C(N2CCN(CC)CC2)C1=O. The van der Waals surface area contributed by atoms with Crippen LogP contribution in [0.1, 0.15) is 32.3 Å². The first-order valence-corrected chi connectivity index (χ1v) is 10.4. The molecule has 0 bridgehead atoms. The maximum absolute atomic E-state index is 13.3. The first-order chi connectivity index (χ1) is 14.0. The number of hydrogen-bond donors (Lipinski definition) is 0. The summed E-state index contributed by atoms with van der Waals surface area (Å²) in [5.74, 6) is 0.733. The fraction of sp³-hybridized carbons (Fsp3) is 0.545. The normalized spacial score (nSPS) is 18.1. The zero-order valence-corrected chi connectivity index (χ0v) is 17.9. The molecule has 2 aliphatic rings. The van der Waals surface area contributed by atoms with Crippen LogP contribution in [0.4, 0.5) is 0 Å². The smallest absolute Gasteiger partial charge is 0.277 e. The molecule has 0 N–H and O–H groups in total. The van der Waals surface area contributed by atoms with Crippen molar-refractivity contribution in [2.45, 2.75) is 26.7 Å². The van der Waals surface area contributed by atoms with Gasteiger partial charge in [0.15, 0.2) is 11.5 Å². The molecule has 2 amide bonds. The molecular formula is C22H31N3O4.